The van der Waals surface area contributed by atoms with E-state index in [1.54, 1.807) is 11.0 Å². The molecule has 0 fully saturated rings. The number of nitrogens with zero attached hydrogens (tertiary/aromatic N) is 2. The molecule has 0 aromatic heterocycles. The molecule has 1 rings (SSSR count). The summed E-state index contributed by atoms with van der Waals surface area (Å²) in [7, 11) is 0. The lowest BCUT2D eigenvalue weighted by Gasteiger charge is -2.17. The van der Waals surface area contributed by atoms with Crippen molar-refractivity contribution in [3.8, 4) is 0 Å². The number of hydrogen-bond donors (Lipinski definition) is 2. The van der Waals surface area contributed by atoms with Crippen molar-refractivity contribution in [1.29, 1.82) is 0 Å². The first-order valence-electron chi connectivity index (χ1n) is 4.10. The molecular weight excluding hydrogens is 170 g/mol. The van der Waals surface area contributed by atoms with E-state index < -0.39 is 5.97 Å². The quantitative estimate of drug-likeness (QED) is 0.578. The summed E-state index contributed by atoms with van der Waals surface area (Å²) >= 11 is 0. The molecule has 5 heteroatoms. The van der Waals surface area contributed by atoms with Crippen LogP contribution in [-0.4, -0.2) is 48.1 Å². The van der Waals surface area contributed by atoms with Gasteiger partial charge in [0.1, 0.15) is 6.54 Å². The van der Waals surface area contributed by atoms with Gasteiger partial charge in [-0.2, -0.15) is 0 Å². The molecule has 1 aliphatic heterocycles. The van der Waals surface area contributed by atoms with Crippen LogP contribution in [0.15, 0.2) is 17.6 Å². The van der Waals surface area contributed by atoms with Crippen LogP contribution >= 0.6 is 0 Å². The minimum atomic E-state index is -0.838. The Hall–Kier alpha value is -1.52. The summed E-state index contributed by atoms with van der Waals surface area (Å²) in [5.41, 5.74) is 0. The van der Waals surface area contributed by atoms with Gasteiger partial charge in [-0.05, 0) is 0 Å². The Morgan fingerprint density at radius 3 is 3.23 bits per heavy atom. The van der Waals surface area contributed by atoms with Crippen molar-refractivity contribution >= 4 is 11.9 Å². The molecule has 0 bridgehead atoms. The first kappa shape index (κ1) is 9.57. The van der Waals surface area contributed by atoms with Gasteiger partial charge < -0.3 is 15.3 Å². The van der Waals surface area contributed by atoms with E-state index in [1.165, 1.54) is 0 Å². The van der Waals surface area contributed by atoms with Crippen LogP contribution in [-0.2, 0) is 4.79 Å². The van der Waals surface area contributed by atoms with Gasteiger partial charge in [0.15, 0.2) is 5.96 Å². The highest BCUT2D eigenvalue weighted by molar-refractivity contribution is 5.85. The highest BCUT2D eigenvalue weighted by Gasteiger charge is 2.18. The zero-order valence-corrected chi connectivity index (χ0v) is 7.36. The van der Waals surface area contributed by atoms with Crippen molar-refractivity contribution in [3.63, 3.8) is 0 Å². The Bertz CT molecular complexity index is 238. The molecule has 5 nitrogen and oxygen atoms in total. The van der Waals surface area contributed by atoms with Crippen molar-refractivity contribution in [1.82, 2.24) is 10.2 Å². The minimum Gasteiger partial charge on any atom is -0.480 e. The summed E-state index contributed by atoms with van der Waals surface area (Å²) < 4.78 is 0. The van der Waals surface area contributed by atoms with Crippen molar-refractivity contribution in [3.05, 3.63) is 12.7 Å². The molecule has 0 aromatic rings. The fourth-order valence-corrected chi connectivity index (χ4v) is 1.13. The van der Waals surface area contributed by atoms with Crippen LogP contribution in [0.25, 0.3) is 0 Å². The average Bonchev–Trinajstić information content (AvgIpc) is 2.48. The fraction of sp³-hybridized carbons (Fsp3) is 0.500. The SMILES string of the molecule is C=CCNC1=NCCN1CC(=O)O. The van der Waals surface area contributed by atoms with Crippen molar-refractivity contribution in [2.75, 3.05) is 26.2 Å². The minimum absolute atomic E-state index is 0.00295. The molecule has 72 valence electrons. The molecule has 0 radical (unpaired) electrons. The van der Waals surface area contributed by atoms with Crippen LogP contribution in [0.4, 0.5) is 0 Å². The molecule has 2 N–H and O–H groups in total. The number of carboxylic acids is 1. The van der Waals surface area contributed by atoms with Gasteiger partial charge in [-0.1, -0.05) is 6.08 Å². The summed E-state index contributed by atoms with van der Waals surface area (Å²) in [6.45, 7) is 5.50. The first-order chi connectivity index (χ1) is 6.24. The molecule has 0 aliphatic carbocycles. The van der Waals surface area contributed by atoms with Crippen molar-refractivity contribution < 1.29 is 9.90 Å². The molecule has 0 aromatic carbocycles. The lowest BCUT2D eigenvalue weighted by Crippen LogP contribution is -2.41. The number of carboxylic acid groups (broad SMARTS) is 1. The van der Waals surface area contributed by atoms with Crippen LogP contribution in [0, 0.1) is 0 Å². The van der Waals surface area contributed by atoms with Gasteiger partial charge >= 0.3 is 5.97 Å². The van der Waals surface area contributed by atoms with Crippen LogP contribution in [0.3, 0.4) is 0 Å². The van der Waals surface area contributed by atoms with Crippen molar-refractivity contribution in [2.24, 2.45) is 4.99 Å². The third kappa shape index (κ3) is 2.77. The zero-order chi connectivity index (χ0) is 9.68. The maximum Gasteiger partial charge on any atom is 0.323 e. The van der Waals surface area contributed by atoms with Crippen LogP contribution in [0.2, 0.25) is 0 Å². The third-order valence-corrected chi connectivity index (χ3v) is 1.66. The molecule has 0 atom stereocenters. The molecule has 1 aliphatic rings. The van der Waals surface area contributed by atoms with Crippen LogP contribution in [0.1, 0.15) is 0 Å². The van der Waals surface area contributed by atoms with Gasteiger partial charge in [0.05, 0.1) is 6.54 Å². The van der Waals surface area contributed by atoms with Gasteiger partial charge in [-0.25, -0.2) is 0 Å². The number of hydrogen-bond acceptors (Lipinski definition) is 4. The highest BCUT2D eigenvalue weighted by atomic mass is 16.4. The molecule has 0 saturated heterocycles. The average molecular weight is 183 g/mol. The van der Waals surface area contributed by atoms with E-state index in [-0.39, 0.29) is 6.54 Å². The monoisotopic (exact) mass is 183 g/mol. The lowest BCUT2D eigenvalue weighted by molar-refractivity contribution is -0.137. The predicted molar refractivity (Wildman–Crippen MR) is 49.7 cm³/mol. The predicted octanol–water partition coefficient (Wildman–Crippen LogP) is -0.482. The van der Waals surface area contributed by atoms with Gasteiger partial charge in [0, 0.05) is 13.1 Å². The van der Waals surface area contributed by atoms with E-state index in [2.05, 4.69) is 16.9 Å². The Balaban J connectivity index is 2.42. The Morgan fingerprint density at radius 1 is 1.85 bits per heavy atom. The maximum absolute atomic E-state index is 10.4. The number of rotatable bonds is 4. The molecule has 0 amide bonds. The largest absolute Gasteiger partial charge is 0.480 e. The van der Waals surface area contributed by atoms with E-state index in [4.69, 9.17) is 5.11 Å². The number of nitrogens with one attached hydrogen (secondary N) is 1. The summed E-state index contributed by atoms with van der Waals surface area (Å²) in [5.74, 6) is -0.183. The summed E-state index contributed by atoms with van der Waals surface area (Å²) in [6, 6.07) is 0. The second-order valence-corrected chi connectivity index (χ2v) is 2.69. The Kier molecular flexibility index (Phi) is 3.31. The Morgan fingerprint density at radius 2 is 2.62 bits per heavy atom. The molecule has 13 heavy (non-hydrogen) atoms. The molecule has 0 saturated carbocycles. The molecule has 1 heterocycles. The number of carbonyl (C=O) groups is 1. The zero-order valence-electron chi connectivity index (χ0n) is 7.36. The highest BCUT2D eigenvalue weighted by Crippen LogP contribution is 1.98. The van der Waals surface area contributed by atoms with E-state index in [0.29, 0.717) is 25.6 Å². The Labute approximate surface area is 76.8 Å². The summed E-state index contributed by atoms with van der Waals surface area (Å²) in [6.07, 6.45) is 1.71. The van der Waals surface area contributed by atoms with Gasteiger partial charge in [0.2, 0.25) is 0 Å². The van der Waals surface area contributed by atoms with Crippen LogP contribution < -0.4 is 5.32 Å². The van der Waals surface area contributed by atoms with Crippen molar-refractivity contribution in [2.45, 2.75) is 0 Å². The topological polar surface area (TPSA) is 64.9 Å². The normalized spacial score (nSPS) is 15.4. The van der Waals surface area contributed by atoms with Gasteiger partial charge in [0.25, 0.3) is 0 Å². The molecule has 0 spiro atoms. The maximum atomic E-state index is 10.4. The van der Waals surface area contributed by atoms with Gasteiger partial charge in [-0.3, -0.25) is 9.79 Å². The third-order valence-electron chi connectivity index (χ3n) is 1.66. The lowest BCUT2D eigenvalue weighted by atomic mass is 10.5. The molecular formula is C8H13N3O2. The standard InChI is InChI=1S/C8H13N3O2/c1-2-3-9-8-10-4-5-11(8)6-7(12)13/h2H,1,3-6H2,(H,9,10)(H,12,13). The van der Waals surface area contributed by atoms with E-state index in [1.807, 2.05) is 0 Å². The van der Waals surface area contributed by atoms with E-state index in [9.17, 15) is 4.79 Å². The molecule has 0 unspecified atom stereocenters. The fourth-order valence-electron chi connectivity index (χ4n) is 1.13. The summed E-state index contributed by atoms with van der Waals surface area (Å²) in [5, 5.41) is 11.6. The smallest absolute Gasteiger partial charge is 0.323 e. The number of aliphatic carboxylic acids is 1. The second-order valence-electron chi connectivity index (χ2n) is 2.69. The summed E-state index contributed by atoms with van der Waals surface area (Å²) in [4.78, 5) is 16.3. The second kappa shape index (κ2) is 4.49. The van der Waals surface area contributed by atoms with Gasteiger partial charge in [-0.15, -0.1) is 6.58 Å². The van der Waals surface area contributed by atoms with E-state index in [0.717, 1.165) is 0 Å². The first-order valence-corrected chi connectivity index (χ1v) is 4.10. The number of guanidine groups is 1. The number of aliphatic imine (C=N–C) groups is 1. The van der Waals surface area contributed by atoms with Crippen LogP contribution in [0.5, 0.6) is 0 Å². The van der Waals surface area contributed by atoms with E-state index >= 15 is 0 Å².